The van der Waals surface area contributed by atoms with Gasteiger partial charge in [-0.05, 0) is 121 Å². The molecule has 0 radical (unpaired) electrons. The van der Waals surface area contributed by atoms with Crippen LogP contribution in [0.1, 0.15) is 22.3 Å². The van der Waals surface area contributed by atoms with Crippen molar-refractivity contribution in [3.8, 4) is 44.5 Å². The minimum absolute atomic E-state index is 0.456. The van der Waals surface area contributed by atoms with E-state index in [1.54, 1.807) is 0 Å². The van der Waals surface area contributed by atoms with Crippen LogP contribution in [0.4, 0.5) is 17.1 Å². The normalized spacial score (nSPS) is 13.1. The molecule has 298 valence electrons. The van der Waals surface area contributed by atoms with Crippen molar-refractivity contribution in [2.75, 3.05) is 4.90 Å². The summed E-state index contributed by atoms with van der Waals surface area (Å²) < 4.78 is 13.4. The molecule has 0 amide bonds. The average molecular weight is 816 g/mol. The highest BCUT2D eigenvalue weighted by Crippen LogP contribution is 2.63. The topological polar surface area (TPSA) is 29.5 Å². The Morgan fingerprint density at radius 3 is 1.45 bits per heavy atom. The first kappa shape index (κ1) is 35.2. The third kappa shape index (κ3) is 4.86. The first-order chi connectivity index (χ1) is 31.7. The van der Waals surface area contributed by atoms with E-state index in [0.29, 0.717) is 0 Å². The summed E-state index contributed by atoms with van der Waals surface area (Å²) in [6.45, 7) is 0. The van der Waals surface area contributed by atoms with E-state index in [-0.39, 0.29) is 0 Å². The number of nitrogens with zero attached hydrogens (tertiary/aromatic N) is 1. The zero-order valence-corrected chi connectivity index (χ0v) is 34.6. The molecular weight excluding hydrogens is 779 g/mol. The van der Waals surface area contributed by atoms with Crippen LogP contribution in [0.25, 0.3) is 88.4 Å². The molecule has 0 aliphatic heterocycles. The van der Waals surface area contributed by atoms with Crippen LogP contribution >= 0.6 is 0 Å². The van der Waals surface area contributed by atoms with E-state index in [9.17, 15) is 0 Å². The fraction of sp³-hybridized carbons (Fsp3) is 0.0164. The van der Waals surface area contributed by atoms with Crippen LogP contribution in [-0.4, -0.2) is 0 Å². The first-order valence-corrected chi connectivity index (χ1v) is 22.0. The minimum Gasteiger partial charge on any atom is -0.456 e. The summed E-state index contributed by atoms with van der Waals surface area (Å²) in [4.78, 5) is 2.39. The fourth-order valence-corrected chi connectivity index (χ4v) is 11.2. The first-order valence-electron chi connectivity index (χ1n) is 22.0. The van der Waals surface area contributed by atoms with E-state index in [1.807, 2.05) is 0 Å². The zero-order valence-electron chi connectivity index (χ0n) is 34.6. The third-order valence-electron chi connectivity index (χ3n) is 13.9. The van der Waals surface area contributed by atoms with Crippen LogP contribution in [0.2, 0.25) is 0 Å². The number of anilines is 3. The molecule has 2 aliphatic rings. The Hall–Kier alpha value is -8.40. The van der Waals surface area contributed by atoms with E-state index in [0.717, 1.165) is 72.1 Å². The summed E-state index contributed by atoms with van der Waals surface area (Å²) in [5, 5.41) is 4.22. The molecule has 3 heteroatoms. The lowest BCUT2D eigenvalue weighted by Crippen LogP contribution is -2.26. The molecule has 0 N–H and O–H groups in total. The van der Waals surface area contributed by atoms with Gasteiger partial charge in [0.05, 0.1) is 5.41 Å². The Kier molecular flexibility index (Phi) is 7.32. The van der Waals surface area contributed by atoms with Crippen LogP contribution in [-0.2, 0) is 5.41 Å². The van der Waals surface area contributed by atoms with Crippen molar-refractivity contribution in [1.29, 1.82) is 0 Å². The summed E-state index contributed by atoms with van der Waals surface area (Å²) >= 11 is 0. The van der Waals surface area contributed by atoms with Gasteiger partial charge in [0.1, 0.15) is 22.3 Å². The Labute approximate surface area is 369 Å². The predicted octanol–water partition coefficient (Wildman–Crippen LogP) is 16.6. The lowest BCUT2D eigenvalue weighted by molar-refractivity contribution is 0.664. The molecule has 0 fully saturated rings. The number of hydrogen-bond acceptors (Lipinski definition) is 3. The highest BCUT2D eigenvalue weighted by Gasteiger charge is 2.51. The lowest BCUT2D eigenvalue weighted by Gasteiger charge is -2.32. The smallest absolute Gasteiger partial charge is 0.137 e. The van der Waals surface area contributed by atoms with Gasteiger partial charge in [0.15, 0.2) is 0 Å². The van der Waals surface area contributed by atoms with Gasteiger partial charge in [-0.1, -0.05) is 164 Å². The van der Waals surface area contributed by atoms with Crippen LogP contribution in [0.3, 0.4) is 0 Å². The molecule has 64 heavy (non-hydrogen) atoms. The SMILES string of the molecule is c1ccc(-c2ccc(N(c3ccc4c(c3)C3(c5ccccc5-c5ccccc53)c3ccccc3-4)c3ccc4c(c3)oc3cc5c(cc34)oc3cccc(-c4ccccc4)c35)cc2)cc1. The summed E-state index contributed by atoms with van der Waals surface area (Å²) in [7, 11) is 0. The summed E-state index contributed by atoms with van der Waals surface area (Å²) in [6.07, 6.45) is 0. The fourth-order valence-electron chi connectivity index (χ4n) is 11.2. The molecule has 2 aromatic heterocycles. The monoisotopic (exact) mass is 815 g/mol. The van der Waals surface area contributed by atoms with Gasteiger partial charge in [0.2, 0.25) is 0 Å². The maximum atomic E-state index is 6.87. The summed E-state index contributed by atoms with van der Waals surface area (Å²) in [6, 6.07) is 81.4. The molecule has 0 unspecified atom stereocenters. The van der Waals surface area contributed by atoms with E-state index in [2.05, 4.69) is 229 Å². The largest absolute Gasteiger partial charge is 0.456 e. The molecule has 2 aliphatic carbocycles. The van der Waals surface area contributed by atoms with Crippen molar-refractivity contribution in [3.05, 3.63) is 247 Å². The second kappa shape index (κ2) is 13.3. The van der Waals surface area contributed by atoms with Crippen molar-refractivity contribution in [3.63, 3.8) is 0 Å². The molecule has 12 aromatic rings. The Morgan fingerprint density at radius 2 is 0.766 bits per heavy atom. The molecular formula is C61H37NO2. The quantitative estimate of drug-likeness (QED) is 0.173. The van der Waals surface area contributed by atoms with Crippen molar-refractivity contribution in [2.45, 2.75) is 5.41 Å². The zero-order chi connectivity index (χ0) is 41.9. The number of hydrogen-bond donors (Lipinski definition) is 0. The van der Waals surface area contributed by atoms with E-state index in [4.69, 9.17) is 8.83 Å². The average Bonchev–Trinajstić information content (AvgIpc) is 4.08. The molecule has 14 rings (SSSR count). The molecule has 2 heterocycles. The lowest BCUT2D eigenvalue weighted by atomic mass is 9.70. The number of rotatable bonds is 5. The number of fused-ring (bicyclic) bond motifs is 16. The van der Waals surface area contributed by atoms with Gasteiger partial charge in [-0.25, -0.2) is 0 Å². The van der Waals surface area contributed by atoms with Gasteiger partial charge >= 0.3 is 0 Å². The van der Waals surface area contributed by atoms with Crippen molar-refractivity contribution >= 4 is 60.9 Å². The molecule has 1 spiro atoms. The minimum atomic E-state index is -0.456. The van der Waals surface area contributed by atoms with E-state index >= 15 is 0 Å². The standard InChI is InChI=1S/C61H37NO2/c1-3-14-38(15-4-1)39-26-28-41(29-27-39)62(42-30-32-48-47-20-9-12-24-54(47)61(55(48)34-42)52-22-10-7-18-45(52)46-19-8-11-23-53(46)61)43-31-33-49-50-36-59-51(37-58(50)64-57(49)35-43)60-44(21-13-25-56(60)63-59)40-16-5-2-6-17-40/h1-37H. The Balaban J connectivity index is 0.972. The van der Waals surface area contributed by atoms with Gasteiger partial charge in [-0.2, -0.15) is 0 Å². The van der Waals surface area contributed by atoms with E-state index < -0.39 is 5.41 Å². The Bertz CT molecular complexity index is 3780. The Morgan fingerprint density at radius 1 is 0.281 bits per heavy atom. The molecule has 0 bridgehead atoms. The maximum Gasteiger partial charge on any atom is 0.137 e. The van der Waals surface area contributed by atoms with Gasteiger partial charge in [-0.15, -0.1) is 0 Å². The van der Waals surface area contributed by atoms with Gasteiger partial charge in [0.25, 0.3) is 0 Å². The van der Waals surface area contributed by atoms with Crippen molar-refractivity contribution in [2.24, 2.45) is 0 Å². The van der Waals surface area contributed by atoms with Crippen molar-refractivity contribution < 1.29 is 8.83 Å². The van der Waals surface area contributed by atoms with Gasteiger partial charge in [0, 0.05) is 44.7 Å². The predicted molar refractivity (Wildman–Crippen MR) is 263 cm³/mol. The molecule has 0 atom stereocenters. The second-order valence-corrected chi connectivity index (χ2v) is 17.1. The van der Waals surface area contributed by atoms with Crippen LogP contribution in [0.5, 0.6) is 0 Å². The highest BCUT2D eigenvalue weighted by molar-refractivity contribution is 6.18. The third-order valence-corrected chi connectivity index (χ3v) is 13.9. The molecule has 0 saturated heterocycles. The van der Waals surface area contributed by atoms with Crippen LogP contribution < -0.4 is 4.90 Å². The number of benzene rings is 10. The highest BCUT2D eigenvalue weighted by atomic mass is 16.3. The molecule has 3 nitrogen and oxygen atoms in total. The van der Waals surface area contributed by atoms with E-state index in [1.165, 1.54) is 55.6 Å². The summed E-state index contributed by atoms with van der Waals surface area (Å²) in [5.74, 6) is 0. The number of furan rings is 2. The van der Waals surface area contributed by atoms with Crippen LogP contribution in [0.15, 0.2) is 233 Å². The van der Waals surface area contributed by atoms with Crippen molar-refractivity contribution in [1.82, 2.24) is 0 Å². The van der Waals surface area contributed by atoms with Gasteiger partial charge in [-0.3, -0.25) is 0 Å². The molecule has 0 saturated carbocycles. The molecule has 10 aromatic carbocycles. The maximum absolute atomic E-state index is 6.87. The van der Waals surface area contributed by atoms with Gasteiger partial charge < -0.3 is 13.7 Å². The summed E-state index contributed by atoms with van der Waals surface area (Å²) in [5.41, 5.74) is 21.2. The second-order valence-electron chi connectivity index (χ2n) is 17.1. The van der Waals surface area contributed by atoms with Crippen LogP contribution in [0, 0.1) is 0 Å².